The Balaban J connectivity index is 0.00000576. The van der Waals surface area contributed by atoms with Gasteiger partial charge in [0.1, 0.15) is 0 Å². The van der Waals surface area contributed by atoms with Gasteiger partial charge in [-0.15, -0.1) is 24.0 Å². The van der Waals surface area contributed by atoms with Crippen LogP contribution >= 0.6 is 24.0 Å². The summed E-state index contributed by atoms with van der Waals surface area (Å²) in [6.07, 6.45) is 5.41. The SMILES string of the molecule is CN=C(NCCCc1nc(C(C)C)no1)NC(C)CCCC(C)C.I. The predicted octanol–water partition coefficient (Wildman–Crippen LogP) is 4.12. The zero-order valence-corrected chi connectivity index (χ0v) is 19.0. The Kier molecular flexibility index (Phi) is 12.9. The van der Waals surface area contributed by atoms with Crippen LogP contribution in [0.15, 0.2) is 9.52 Å². The third-order valence-corrected chi connectivity index (χ3v) is 3.89. The lowest BCUT2D eigenvalue weighted by Gasteiger charge is -2.18. The molecule has 0 spiro atoms. The van der Waals surface area contributed by atoms with Crippen LogP contribution in [0.4, 0.5) is 0 Å². The van der Waals surface area contributed by atoms with E-state index in [9.17, 15) is 0 Å². The summed E-state index contributed by atoms with van der Waals surface area (Å²) in [4.78, 5) is 8.68. The number of hydrogen-bond donors (Lipinski definition) is 2. The molecule has 0 aliphatic rings. The van der Waals surface area contributed by atoms with E-state index in [0.717, 1.165) is 37.1 Å². The third-order valence-electron chi connectivity index (χ3n) is 3.89. The van der Waals surface area contributed by atoms with Crippen LogP contribution in [-0.4, -0.2) is 35.7 Å². The van der Waals surface area contributed by atoms with Gasteiger partial charge in [-0.3, -0.25) is 4.99 Å². The summed E-state index contributed by atoms with van der Waals surface area (Å²) in [6.45, 7) is 11.7. The first-order chi connectivity index (χ1) is 11.4. The second-order valence-electron chi connectivity index (χ2n) is 7.17. The molecule has 2 N–H and O–H groups in total. The molecular weight excluding hydrogens is 429 g/mol. The standard InChI is InChI=1S/C18H35N5O.HI/c1-13(2)9-7-10-15(5)21-18(19-6)20-12-8-11-16-22-17(14(3)4)23-24-16;/h13-15H,7-12H2,1-6H3,(H2,19,20,21);1H. The minimum absolute atomic E-state index is 0. The van der Waals surface area contributed by atoms with Gasteiger partial charge in [0, 0.05) is 32.0 Å². The van der Waals surface area contributed by atoms with Crippen LogP contribution in [0.2, 0.25) is 0 Å². The largest absolute Gasteiger partial charge is 0.356 e. The van der Waals surface area contributed by atoms with Gasteiger partial charge in [0.05, 0.1) is 0 Å². The maximum absolute atomic E-state index is 5.25. The predicted molar refractivity (Wildman–Crippen MR) is 115 cm³/mol. The second kappa shape index (κ2) is 13.4. The molecular formula is C18H36IN5O. The van der Waals surface area contributed by atoms with E-state index in [1.807, 2.05) is 7.05 Å². The highest BCUT2D eigenvalue weighted by molar-refractivity contribution is 14.0. The minimum atomic E-state index is 0. The van der Waals surface area contributed by atoms with Crippen LogP contribution in [0.25, 0.3) is 0 Å². The molecule has 0 saturated heterocycles. The number of nitrogens with zero attached hydrogens (tertiary/aromatic N) is 3. The Labute approximate surface area is 170 Å². The van der Waals surface area contributed by atoms with Crippen molar-refractivity contribution in [2.45, 2.75) is 78.7 Å². The number of aromatic nitrogens is 2. The van der Waals surface area contributed by atoms with Crippen molar-refractivity contribution >= 4 is 29.9 Å². The molecule has 25 heavy (non-hydrogen) atoms. The smallest absolute Gasteiger partial charge is 0.226 e. The first-order valence-corrected chi connectivity index (χ1v) is 9.22. The van der Waals surface area contributed by atoms with Crippen molar-refractivity contribution in [3.8, 4) is 0 Å². The summed E-state index contributed by atoms with van der Waals surface area (Å²) >= 11 is 0. The summed E-state index contributed by atoms with van der Waals surface area (Å²) in [6, 6.07) is 0.430. The molecule has 0 radical (unpaired) electrons. The van der Waals surface area contributed by atoms with Gasteiger partial charge in [-0.1, -0.05) is 45.7 Å². The van der Waals surface area contributed by atoms with Crippen molar-refractivity contribution in [2.24, 2.45) is 10.9 Å². The summed E-state index contributed by atoms with van der Waals surface area (Å²) in [5.41, 5.74) is 0. The molecule has 1 aromatic heterocycles. The molecule has 0 fully saturated rings. The van der Waals surface area contributed by atoms with Crippen LogP contribution in [0.3, 0.4) is 0 Å². The van der Waals surface area contributed by atoms with Crippen molar-refractivity contribution in [3.63, 3.8) is 0 Å². The zero-order valence-electron chi connectivity index (χ0n) is 16.6. The highest BCUT2D eigenvalue weighted by Crippen LogP contribution is 2.10. The van der Waals surface area contributed by atoms with Crippen LogP contribution in [0, 0.1) is 5.92 Å². The van der Waals surface area contributed by atoms with Gasteiger partial charge in [0.25, 0.3) is 0 Å². The fourth-order valence-corrected chi connectivity index (χ4v) is 2.38. The number of halogens is 1. The average Bonchev–Trinajstić information content (AvgIpc) is 2.99. The molecule has 0 aromatic carbocycles. The van der Waals surface area contributed by atoms with E-state index in [4.69, 9.17) is 4.52 Å². The maximum atomic E-state index is 5.25. The fourth-order valence-electron chi connectivity index (χ4n) is 2.38. The first-order valence-electron chi connectivity index (χ1n) is 9.22. The molecule has 0 aliphatic carbocycles. The van der Waals surface area contributed by atoms with Crippen LogP contribution in [0.5, 0.6) is 0 Å². The lowest BCUT2D eigenvalue weighted by molar-refractivity contribution is 0.368. The van der Waals surface area contributed by atoms with Crippen LogP contribution in [-0.2, 0) is 6.42 Å². The van der Waals surface area contributed by atoms with E-state index in [1.165, 1.54) is 19.3 Å². The van der Waals surface area contributed by atoms with Crippen molar-refractivity contribution in [2.75, 3.05) is 13.6 Å². The van der Waals surface area contributed by atoms with Gasteiger partial charge < -0.3 is 15.2 Å². The topological polar surface area (TPSA) is 75.3 Å². The van der Waals surface area contributed by atoms with Gasteiger partial charge in [0.15, 0.2) is 11.8 Å². The van der Waals surface area contributed by atoms with Crippen molar-refractivity contribution in [1.29, 1.82) is 0 Å². The molecule has 6 nitrogen and oxygen atoms in total. The van der Waals surface area contributed by atoms with E-state index < -0.39 is 0 Å². The number of aryl methyl sites for hydroxylation is 1. The summed E-state index contributed by atoms with van der Waals surface area (Å²) in [5.74, 6) is 3.44. The average molecular weight is 465 g/mol. The number of guanidine groups is 1. The quantitative estimate of drug-likeness (QED) is 0.235. The lowest BCUT2D eigenvalue weighted by atomic mass is 10.0. The highest BCUT2D eigenvalue weighted by Gasteiger charge is 2.09. The summed E-state index contributed by atoms with van der Waals surface area (Å²) < 4.78 is 5.25. The molecule has 146 valence electrons. The monoisotopic (exact) mass is 465 g/mol. The van der Waals surface area contributed by atoms with Crippen molar-refractivity contribution in [3.05, 3.63) is 11.7 Å². The van der Waals surface area contributed by atoms with Gasteiger partial charge in [-0.25, -0.2) is 0 Å². The van der Waals surface area contributed by atoms with E-state index in [1.54, 1.807) is 0 Å². The Morgan fingerprint density at radius 1 is 1.12 bits per heavy atom. The lowest BCUT2D eigenvalue weighted by Crippen LogP contribution is -2.42. The van der Waals surface area contributed by atoms with E-state index >= 15 is 0 Å². The number of hydrogen-bond acceptors (Lipinski definition) is 4. The molecule has 0 saturated carbocycles. The molecule has 1 heterocycles. The Morgan fingerprint density at radius 2 is 1.84 bits per heavy atom. The molecule has 1 unspecified atom stereocenters. The van der Waals surface area contributed by atoms with Crippen molar-refractivity contribution in [1.82, 2.24) is 20.8 Å². The number of rotatable bonds is 10. The third kappa shape index (κ3) is 10.7. The van der Waals surface area contributed by atoms with Gasteiger partial charge >= 0.3 is 0 Å². The van der Waals surface area contributed by atoms with E-state index in [-0.39, 0.29) is 24.0 Å². The van der Waals surface area contributed by atoms with Gasteiger partial charge in [0.2, 0.25) is 5.89 Å². The van der Waals surface area contributed by atoms with Crippen LogP contribution in [0.1, 0.15) is 77.9 Å². The maximum Gasteiger partial charge on any atom is 0.226 e. The first kappa shape index (κ1) is 24.1. The van der Waals surface area contributed by atoms with E-state index in [0.29, 0.717) is 17.9 Å². The number of nitrogens with one attached hydrogen (secondary N) is 2. The summed E-state index contributed by atoms with van der Waals surface area (Å²) in [7, 11) is 1.81. The zero-order chi connectivity index (χ0) is 17.9. The number of aliphatic imine (C=N–C) groups is 1. The van der Waals surface area contributed by atoms with Crippen molar-refractivity contribution < 1.29 is 4.52 Å². The molecule has 1 atom stereocenters. The molecule has 0 aliphatic heterocycles. The second-order valence-corrected chi connectivity index (χ2v) is 7.17. The van der Waals surface area contributed by atoms with E-state index in [2.05, 4.69) is 60.4 Å². The Bertz CT molecular complexity index is 488. The molecule has 7 heteroatoms. The molecule has 0 amide bonds. The normalized spacial score (nSPS) is 13.0. The molecule has 0 bridgehead atoms. The molecule has 1 aromatic rings. The highest BCUT2D eigenvalue weighted by atomic mass is 127. The van der Waals surface area contributed by atoms with Gasteiger partial charge in [-0.2, -0.15) is 4.98 Å². The Hall–Kier alpha value is -0.860. The minimum Gasteiger partial charge on any atom is -0.356 e. The van der Waals surface area contributed by atoms with Gasteiger partial charge in [-0.05, 0) is 25.7 Å². The van der Waals surface area contributed by atoms with Crippen LogP contribution < -0.4 is 10.6 Å². The molecule has 1 rings (SSSR count). The fraction of sp³-hybridized carbons (Fsp3) is 0.833. The summed E-state index contributed by atoms with van der Waals surface area (Å²) in [5, 5.41) is 10.8. The Morgan fingerprint density at radius 3 is 2.40 bits per heavy atom.